The van der Waals surface area contributed by atoms with Crippen molar-refractivity contribution >= 4 is 156 Å². The third-order valence-electron chi connectivity index (χ3n) is 23.8. The summed E-state index contributed by atoms with van der Waals surface area (Å²) in [6, 6.07) is 64.9. The number of benzene rings is 8. The number of hydrogen-bond donors (Lipinski definition) is 3. The van der Waals surface area contributed by atoms with Crippen LogP contribution in [0.2, 0.25) is 0 Å². The van der Waals surface area contributed by atoms with E-state index in [1.165, 1.54) is 22.3 Å². The molecule has 0 aliphatic heterocycles. The van der Waals surface area contributed by atoms with Crippen LogP contribution in [0.5, 0.6) is 0 Å². The largest absolute Gasteiger partial charge is 0.466 e. The Balaban J connectivity index is 0.000000368. The average molecular weight is 2040 g/mol. The molecule has 8 aromatic rings. The van der Waals surface area contributed by atoms with E-state index in [0.29, 0.717) is 19.4 Å². The highest BCUT2D eigenvalue weighted by Gasteiger charge is 2.38. The molecule has 4 aliphatic rings. The molecule has 0 fully saturated rings. The highest BCUT2D eigenvalue weighted by molar-refractivity contribution is 8.00. The molecular formula is C107H118O28S6. The number of esters is 13. The Bertz CT molecular complexity index is 5030. The first-order valence-corrected chi connectivity index (χ1v) is 51.8. The van der Waals surface area contributed by atoms with E-state index in [0.717, 1.165) is 108 Å². The molecule has 12 rings (SSSR count). The number of thiol groups is 3. The molecule has 28 nitrogen and oxygen atoms in total. The zero-order chi connectivity index (χ0) is 101. The molecule has 0 bridgehead atoms. The van der Waals surface area contributed by atoms with Crippen molar-refractivity contribution in [3.05, 3.63) is 251 Å². The third kappa shape index (κ3) is 35.1. The van der Waals surface area contributed by atoms with Crippen molar-refractivity contribution in [1.82, 2.24) is 0 Å². The van der Waals surface area contributed by atoms with Crippen molar-refractivity contribution in [3.63, 3.8) is 0 Å². The predicted molar refractivity (Wildman–Crippen MR) is 544 cm³/mol. The van der Waals surface area contributed by atoms with Crippen LogP contribution in [0.1, 0.15) is 165 Å². The molecule has 0 N–H and O–H groups in total. The second-order valence-electron chi connectivity index (χ2n) is 33.4. The maximum absolute atomic E-state index is 13.1. The van der Waals surface area contributed by atoms with Gasteiger partial charge in [0.1, 0.15) is 66.1 Å². The van der Waals surface area contributed by atoms with Gasteiger partial charge in [0, 0.05) is 72.7 Å². The summed E-state index contributed by atoms with van der Waals surface area (Å²) in [5, 5.41) is -0.760. The molecule has 0 unspecified atom stereocenters. The summed E-state index contributed by atoms with van der Waals surface area (Å²) in [6.45, 7) is 7.06. The molecular weight excluding hydrogens is 1930 g/mol. The van der Waals surface area contributed by atoms with Gasteiger partial charge in [-0.2, -0.15) is 25.3 Å². The Morgan fingerprint density at radius 1 is 0.277 bits per heavy atom. The zero-order valence-corrected chi connectivity index (χ0v) is 83.9. The van der Waals surface area contributed by atoms with E-state index in [1.807, 2.05) is 133 Å². The molecule has 0 atom stereocenters. The number of fused-ring (bicyclic) bond motifs is 12. The predicted octanol–water partition coefficient (Wildman–Crippen LogP) is 17.7. The van der Waals surface area contributed by atoms with E-state index >= 15 is 0 Å². The topological polar surface area (TPSA) is 368 Å². The molecule has 0 saturated heterocycles. The maximum Gasteiger partial charge on any atom is 0.364 e. The molecule has 0 saturated carbocycles. The summed E-state index contributed by atoms with van der Waals surface area (Å²) in [6.07, 6.45) is 3.58. The third-order valence-corrected chi connectivity index (χ3v) is 27.2. The lowest BCUT2D eigenvalue weighted by atomic mass is 9.88. The van der Waals surface area contributed by atoms with E-state index in [9.17, 15) is 67.1 Å². The van der Waals surface area contributed by atoms with Gasteiger partial charge < -0.3 is 66.3 Å². The van der Waals surface area contributed by atoms with Crippen molar-refractivity contribution in [2.24, 2.45) is 10.8 Å². The summed E-state index contributed by atoms with van der Waals surface area (Å²) in [5.41, 5.74) is 16.3. The van der Waals surface area contributed by atoms with Gasteiger partial charge in [-0.05, 0) is 128 Å². The van der Waals surface area contributed by atoms with Gasteiger partial charge in [0.2, 0.25) is 0 Å². The lowest BCUT2D eigenvalue weighted by Gasteiger charge is -2.31. The highest BCUT2D eigenvalue weighted by Crippen LogP contribution is 2.49. The van der Waals surface area contributed by atoms with Crippen LogP contribution in [0, 0.1) is 10.8 Å². The van der Waals surface area contributed by atoms with E-state index in [1.54, 1.807) is 13.8 Å². The number of rotatable bonds is 56. The second kappa shape index (κ2) is 59.2. The highest BCUT2D eigenvalue weighted by atomic mass is 32.2. The fraction of sp³-hybridized carbons (Fsp3) is 0.402. The van der Waals surface area contributed by atoms with Gasteiger partial charge >= 0.3 is 82.9 Å². The minimum atomic E-state index is -1.16. The number of carbonyl (C=O) groups excluding carboxylic acids is 14. The second-order valence-corrected chi connectivity index (χ2v) is 37.7. The van der Waals surface area contributed by atoms with Crippen LogP contribution in [0.25, 0.3) is 44.5 Å². The lowest BCUT2D eigenvalue weighted by Crippen LogP contribution is -2.39. The van der Waals surface area contributed by atoms with Crippen molar-refractivity contribution in [2.45, 2.75) is 121 Å². The van der Waals surface area contributed by atoms with Gasteiger partial charge in [-0.15, -0.1) is 35.3 Å². The van der Waals surface area contributed by atoms with Crippen LogP contribution in [0.4, 0.5) is 4.79 Å². The SMILES string of the molecule is C=CC(=O)OCCCC(=O)OCC1c2ccccc2-c2ccccc21.CCC(COC(=O)CSCCC(=O)OCCCC(=O)OCC1c2ccccc2-c2ccccc21)(COC(=O)CSCCC(=O)OCCCC(=O)OCC1c2ccccc2-c2ccccc21)COC(=O)CSCCC(=O)OCCCC(=O)OCC1c2ccccc2-c2ccccc21.CCC(COC(=O)S)(COC(=O)CS)COC(=O)CS. The van der Waals surface area contributed by atoms with E-state index < -0.39 is 69.9 Å². The first-order valence-electron chi connectivity index (χ1n) is 46.6. The quantitative estimate of drug-likeness (QED) is 0.0105. The Kier molecular flexibility index (Phi) is 46.7. The van der Waals surface area contributed by atoms with Gasteiger partial charge in [0.25, 0.3) is 0 Å². The molecule has 4 aliphatic carbocycles. The maximum atomic E-state index is 13.1. The van der Waals surface area contributed by atoms with E-state index in [4.69, 9.17) is 66.3 Å². The average Bonchev–Trinajstić information content (AvgIpc) is 1.63. The van der Waals surface area contributed by atoms with E-state index in [-0.39, 0.29) is 250 Å². The van der Waals surface area contributed by atoms with Crippen LogP contribution >= 0.6 is 73.2 Å². The van der Waals surface area contributed by atoms with Gasteiger partial charge in [0.05, 0.1) is 85.3 Å². The van der Waals surface area contributed by atoms with Gasteiger partial charge in [-0.25, -0.2) is 9.59 Å². The molecule has 8 aromatic carbocycles. The minimum Gasteiger partial charge on any atom is -0.466 e. The molecule has 34 heteroatoms. The monoisotopic (exact) mass is 2040 g/mol. The van der Waals surface area contributed by atoms with Crippen LogP contribution in [-0.2, 0) is 129 Å². The van der Waals surface area contributed by atoms with Crippen molar-refractivity contribution < 1.29 is 133 Å². The van der Waals surface area contributed by atoms with Crippen LogP contribution in [0.3, 0.4) is 0 Å². The van der Waals surface area contributed by atoms with Gasteiger partial charge in [-0.3, -0.25) is 57.5 Å². The summed E-state index contributed by atoms with van der Waals surface area (Å²) in [4.78, 5) is 171. The molecule has 0 radical (unpaired) electrons. The first kappa shape index (κ1) is 111. The summed E-state index contributed by atoms with van der Waals surface area (Å²) >= 11 is 14.5. The summed E-state index contributed by atoms with van der Waals surface area (Å²) in [7, 11) is 0. The smallest absolute Gasteiger partial charge is 0.364 e. The fourth-order valence-corrected chi connectivity index (χ4v) is 18.4. The van der Waals surface area contributed by atoms with Crippen LogP contribution < -0.4 is 0 Å². The Morgan fingerprint density at radius 2 is 0.482 bits per heavy atom. The number of ether oxygens (including phenoxy) is 14. The molecule has 141 heavy (non-hydrogen) atoms. The molecule has 0 amide bonds. The molecule has 0 spiro atoms. The van der Waals surface area contributed by atoms with Crippen LogP contribution in [0.15, 0.2) is 207 Å². The normalized spacial score (nSPS) is 12.3. The van der Waals surface area contributed by atoms with Crippen LogP contribution in [-0.4, -0.2) is 221 Å². The number of hydrogen-bond acceptors (Lipinski definition) is 33. The van der Waals surface area contributed by atoms with Crippen molar-refractivity contribution in [3.8, 4) is 44.5 Å². The zero-order valence-electron chi connectivity index (χ0n) is 78.8. The summed E-state index contributed by atoms with van der Waals surface area (Å²) in [5.74, 6) is -6.16. The Labute approximate surface area is 849 Å². The Morgan fingerprint density at radius 3 is 0.695 bits per heavy atom. The van der Waals surface area contributed by atoms with Gasteiger partial charge in [-0.1, -0.05) is 227 Å². The first-order chi connectivity index (χ1) is 68.4. The van der Waals surface area contributed by atoms with Crippen molar-refractivity contribution in [2.75, 3.05) is 139 Å². The minimum absolute atomic E-state index is 0.00348. The molecule has 0 heterocycles. The number of thioether (sulfide) groups is 3. The van der Waals surface area contributed by atoms with E-state index in [2.05, 4.69) is 105 Å². The Hall–Kier alpha value is -11.8. The molecule has 0 aromatic heterocycles. The summed E-state index contributed by atoms with van der Waals surface area (Å²) < 4.78 is 75.1. The standard InChI is InChI=1S/C75H80O18S3.C21H20O4.C11H18O6S3/c1-2-75(48-91-72(82)45-94-39-33-69(79)85-36-15-30-66(76)88-42-63-57-24-9-3-18-51(57)52-19-4-10-25-58(52)63,49-92-73(83)46-95-40-34-70(80)86-37-16-31-67(77)89-43-64-59-26-11-5-20-53(59)54-21-6-12-27-60(54)64)50-93-74(84)47-96-41-35-71(81)87-38-17-32-68(78)90-44-65-61-28-13-7-22-55(61)56-23-8-14-29-62(56)65;1-2-20(22)24-13-7-12-21(23)25-14-19-17-10-5-3-8-15(17)16-9-4-6-11-18(16)19;1-2-11(7-17-10(14)20,5-15-8(12)3-18)6-16-9(13)4-19/h3-14,18-29,63-65H,2,15-17,30-50H2,1H3;2-6,8-11,19H,1,7,12-14H2;18-19H,2-7H2,1H3,(H,14,20). The van der Waals surface area contributed by atoms with Gasteiger partial charge in [0.15, 0.2) is 0 Å². The van der Waals surface area contributed by atoms with Crippen molar-refractivity contribution in [1.29, 1.82) is 0 Å². The molecule has 750 valence electrons. The lowest BCUT2D eigenvalue weighted by molar-refractivity contribution is -0.160. The fourth-order valence-electron chi connectivity index (χ4n) is 16.0. The number of carbonyl (C=O) groups is 14.